The molecule has 0 aliphatic carbocycles. The van der Waals surface area contributed by atoms with E-state index in [1.165, 1.54) is 22.8 Å². The first-order valence-electron chi connectivity index (χ1n) is 5.94. The molecule has 0 heterocycles. The van der Waals surface area contributed by atoms with Gasteiger partial charge in [-0.05, 0) is 6.42 Å². The fourth-order valence-electron chi connectivity index (χ4n) is 1.98. The van der Waals surface area contributed by atoms with Crippen molar-refractivity contribution in [1.82, 2.24) is 0 Å². The van der Waals surface area contributed by atoms with Gasteiger partial charge in [0.15, 0.2) is 0 Å². The lowest BCUT2D eigenvalue weighted by molar-refractivity contribution is 1.10. The molecule has 0 unspecified atom stereocenters. The van der Waals surface area contributed by atoms with Crippen LogP contribution in [0.25, 0.3) is 0 Å². The lowest BCUT2D eigenvalue weighted by Gasteiger charge is -2.15. The summed E-state index contributed by atoms with van der Waals surface area (Å²) in [6.45, 7) is 0. The van der Waals surface area contributed by atoms with Gasteiger partial charge in [-0.2, -0.15) is 0 Å². The number of alkyl halides is 1. The second kappa shape index (κ2) is 6.77. The molecule has 0 fully saturated rings. The summed E-state index contributed by atoms with van der Waals surface area (Å²) in [6, 6.07) is 23.2. The Labute approximate surface area is 113 Å². The summed E-state index contributed by atoms with van der Waals surface area (Å²) in [4.78, 5) is 0. The van der Waals surface area contributed by atoms with Crippen molar-refractivity contribution in [1.29, 1.82) is 0 Å². The van der Waals surface area contributed by atoms with E-state index in [0.717, 1.165) is 5.33 Å². The molecular formula is C15H16BrSi. The lowest BCUT2D eigenvalue weighted by Crippen LogP contribution is -2.41. The summed E-state index contributed by atoms with van der Waals surface area (Å²) >= 11 is 3.54. The minimum Gasteiger partial charge on any atom is -0.0928 e. The van der Waals surface area contributed by atoms with Gasteiger partial charge < -0.3 is 0 Å². The molecule has 0 saturated heterocycles. The molecule has 17 heavy (non-hydrogen) atoms. The first-order chi connectivity index (χ1) is 8.42. The molecule has 2 aromatic rings. The zero-order valence-corrected chi connectivity index (χ0v) is 12.4. The normalized spacial score (nSPS) is 10.7. The minimum absolute atomic E-state index is 0.592. The van der Waals surface area contributed by atoms with E-state index in [0.29, 0.717) is 0 Å². The molecule has 1 radical (unpaired) electrons. The summed E-state index contributed by atoms with van der Waals surface area (Å²) in [5.41, 5.74) is 0. The van der Waals surface area contributed by atoms with Crippen LogP contribution in [-0.2, 0) is 0 Å². The van der Waals surface area contributed by atoms with Crippen LogP contribution < -0.4 is 10.4 Å². The standard InChI is InChI=1S/C15H16BrSi/c16-12-7-13-17(14-8-3-1-4-9-14)15-10-5-2-6-11-15/h1-6,8-11H,7,12-13H2. The highest BCUT2D eigenvalue weighted by Crippen LogP contribution is 2.03. The summed E-state index contributed by atoms with van der Waals surface area (Å²) in [5.74, 6) is 0. The number of rotatable bonds is 5. The van der Waals surface area contributed by atoms with Crippen molar-refractivity contribution in [3.8, 4) is 0 Å². The van der Waals surface area contributed by atoms with Crippen LogP contribution in [0.1, 0.15) is 6.42 Å². The van der Waals surface area contributed by atoms with Gasteiger partial charge in [-0.3, -0.25) is 0 Å². The van der Waals surface area contributed by atoms with Gasteiger partial charge >= 0.3 is 0 Å². The van der Waals surface area contributed by atoms with Crippen LogP contribution in [0, 0.1) is 0 Å². The van der Waals surface area contributed by atoms with Gasteiger partial charge in [-0.1, -0.05) is 93.0 Å². The molecule has 0 aliphatic rings. The van der Waals surface area contributed by atoms with E-state index >= 15 is 0 Å². The van der Waals surface area contributed by atoms with Gasteiger partial charge in [0.25, 0.3) is 0 Å². The first kappa shape index (κ1) is 12.6. The Kier molecular flexibility index (Phi) is 5.01. The van der Waals surface area contributed by atoms with Crippen LogP contribution in [0.5, 0.6) is 0 Å². The second-order valence-electron chi connectivity index (χ2n) is 4.00. The van der Waals surface area contributed by atoms with Gasteiger partial charge in [0, 0.05) is 5.33 Å². The molecule has 2 heteroatoms. The molecular weight excluding hydrogens is 288 g/mol. The zero-order valence-electron chi connectivity index (χ0n) is 9.77. The lowest BCUT2D eigenvalue weighted by atomic mass is 10.4. The highest BCUT2D eigenvalue weighted by atomic mass is 79.9. The third-order valence-corrected chi connectivity index (χ3v) is 6.28. The van der Waals surface area contributed by atoms with Crippen LogP contribution in [0.3, 0.4) is 0 Å². The SMILES string of the molecule is BrCCC[Si](c1ccccc1)c1ccccc1. The van der Waals surface area contributed by atoms with Crippen LogP contribution in [-0.4, -0.2) is 14.1 Å². The molecule has 0 N–H and O–H groups in total. The second-order valence-corrected chi connectivity index (χ2v) is 7.41. The number of hydrogen-bond acceptors (Lipinski definition) is 0. The summed E-state index contributed by atoms with van der Waals surface area (Å²) < 4.78 is 0. The predicted molar refractivity (Wildman–Crippen MR) is 81.1 cm³/mol. The Morgan fingerprint density at radius 3 is 1.65 bits per heavy atom. The fourth-order valence-corrected chi connectivity index (χ4v) is 5.41. The number of hydrogen-bond donors (Lipinski definition) is 0. The predicted octanol–water partition coefficient (Wildman–Crippen LogP) is 3.08. The minimum atomic E-state index is -0.592. The van der Waals surface area contributed by atoms with E-state index in [1.807, 2.05) is 0 Å². The molecule has 0 nitrogen and oxygen atoms in total. The topological polar surface area (TPSA) is 0 Å². The van der Waals surface area contributed by atoms with Crippen LogP contribution >= 0.6 is 15.9 Å². The van der Waals surface area contributed by atoms with Crippen molar-refractivity contribution in [3.05, 3.63) is 60.7 Å². The van der Waals surface area contributed by atoms with E-state index in [-0.39, 0.29) is 0 Å². The van der Waals surface area contributed by atoms with E-state index in [2.05, 4.69) is 76.6 Å². The zero-order chi connectivity index (χ0) is 11.9. The van der Waals surface area contributed by atoms with Crippen molar-refractivity contribution in [2.75, 3.05) is 5.33 Å². The summed E-state index contributed by atoms with van der Waals surface area (Å²) in [6.07, 6.45) is 1.25. The van der Waals surface area contributed by atoms with Gasteiger partial charge in [0.05, 0.1) is 0 Å². The Morgan fingerprint density at radius 1 is 0.765 bits per heavy atom. The Morgan fingerprint density at radius 2 is 1.24 bits per heavy atom. The summed E-state index contributed by atoms with van der Waals surface area (Å²) in [5, 5.41) is 4.13. The highest BCUT2D eigenvalue weighted by Gasteiger charge is 2.15. The van der Waals surface area contributed by atoms with Crippen molar-refractivity contribution in [2.45, 2.75) is 12.5 Å². The number of benzene rings is 2. The molecule has 0 atom stereocenters. The van der Waals surface area contributed by atoms with Crippen molar-refractivity contribution >= 4 is 35.1 Å². The third-order valence-electron chi connectivity index (χ3n) is 2.80. The van der Waals surface area contributed by atoms with E-state index in [4.69, 9.17) is 0 Å². The van der Waals surface area contributed by atoms with Crippen LogP contribution in [0.4, 0.5) is 0 Å². The average molecular weight is 304 g/mol. The Balaban J connectivity index is 2.26. The highest BCUT2D eigenvalue weighted by molar-refractivity contribution is 9.09. The van der Waals surface area contributed by atoms with Crippen molar-refractivity contribution < 1.29 is 0 Å². The van der Waals surface area contributed by atoms with Gasteiger partial charge in [-0.15, -0.1) is 0 Å². The van der Waals surface area contributed by atoms with Gasteiger partial charge in [0.1, 0.15) is 8.80 Å². The maximum atomic E-state index is 3.54. The third kappa shape index (κ3) is 3.55. The first-order valence-corrected chi connectivity index (χ1v) is 8.77. The molecule has 0 spiro atoms. The van der Waals surface area contributed by atoms with Gasteiger partial charge in [-0.25, -0.2) is 0 Å². The average Bonchev–Trinajstić information content (AvgIpc) is 2.42. The number of halogens is 1. The molecule has 0 bridgehead atoms. The Hall–Kier alpha value is -0.863. The van der Waals surface area contributed by atoms with E-state index < -0.39 is 8.80 Å². The van der Waals surface area contributed by atoms with E-state index in [1.54, 1.807) is 0 Å². The Bertz CT molecular complexity index is 388. The smallest absolute Gasteiger partial charge is 0.0928 e. The molecule has 2 aromatic carbocycles. The molecule has 87 valence electrons. The van der Waals surface area contributed by atoms with Gasteiger partial charge in [0.2, 0.25) is 0 Å². The summed E-state index contributed by atoms with van der Waals surface area (Å²) in [7, 11) is -0.592. The van der Waals surface area contributed by atoms with Crippen molar-refractivity contribution in [2.24, 2.45) is 0 Å². The molecule has 0 saturated carbocycles. The quantitative estimate of drug-likeness (QED) is 0.588. The van der Waals surface area contributed by atoms with Crippen LogP contribution in [0.2, 0.25) is 6.04 Å². The van der Waals surface area contributed by atoms with Crippen molar-refractivity contribution in [3.63, 3.8) is 0 Å². The molecule has 2 rings (SSSR count). The van der Waals surface area contributed by atoms with E-state index in [9.17, 15) is 0 Å². The maximum Gasteiger partial charge on any atom is 0.121 e. The van der Waals surface area contributed by atoms with Crippen LogP contribution in [0.15, 0.2) is 60.7 Å². The fraction of sp³-hybridized carbons (Fsp3) is 0.200. The maximum absolute atomic E-state index is 3.54. The monoisotopic (exact) mass is 303 g/mol. The molecule has 0 aliphatic heterocycles. The molecule has 0 aromatic heterocycles. The molecule has 0 amide bonds. The largest absolute Gasteiger partial charge is 0.121 e.